The van der Waals surface area contributed by atoms with E-state index in [9.17, 15) is 4.79 Å². The first-order chi connectivity index (χ1) is 6.72. The van der Waals surface area contributed by atoms with Gasteiger partial charge in [0.15, 0.2) is 0 Å². The van der Waals surface area contributed by atoms with Gasteiger partial charge < -0.3 is 5.73 Å². The fraction of sp³-hybridized carbons (Fsp3) is 0.909. The average Bonchev–Trinajstić information content (AvgIpc) is 2.72. The van der Waals surface area contributed by atoms with Crippen LogP contribution in [-0.4, -0.2) is 16.9 Å². The summed E-state index contributed by atoms with van der Waals surface area (Å²) in [6, 6.07) is 0. The molecule has 0 aliphatic heterocycles. The van der Waals surface area contributed by atoms with Gasteiger partial charge in [-0.3, -0.25) is 4.79 Å². The number of hydrogen-bond donors (Lipinski definition) is 1. The molecule has 2 rings (SSSR count). The van der Waals surface area contributed by atoms with Gasteiger partial charge in [-0.25, -0.2) is 0 Å². The Morgan fingerprint density at radius 2 is 2.14 bits per heavy atom. The van der Waals surface area contributed by atoms with Crippen LogP contribution in [0.25, 0.3) is 0 Å². The van der Waals surface area contributed by atoms with Crippen molar-refractivity contribution in [3.05, 3.63) is 0 Å². The molecule has 0 heterocycles. The predicted molar refractivity (Wildman–Crippen MR) is 60.1 cm³/mol. The summed E-state index contributed by atoms with van der Waals surface area (Å²) in [5.74, 6) is 2.82. The van der Waals surface area contributed by atoms with E-state index in [0.29, 0.717) is 5.92 Å². The van der Waals surface area contributed by atoms with E-state index in [1.165, 1.54) is 25.0 Å². The lowest BCUT2D eigenvalue weighted by Gasteiger charge is -2.25. The predicted octanol–water partition coefficient (Wildman–Crippen LogP) is 2.03. The Hall–Kier alpha value is -0.180. The second-order valence-corrected chi connectivity index (χ2v) is 5.99. The Kier molecular flexibility index (Phi) is 3.05. The Morgan fingerprint density at radius 1 is 1.36 bits per heavy atom. The van der Waals surface area contributed by atoms with Crippen molar-refractivity contribution in [1.29, 1.82) is 0 Å². The van der Waals surface area contributed by atoms with Crippen LogP contribution in [0.4, 0.5) is 0 Å². The number of nitrogens with two attached hydrogens (primary N) is 1. The molecule has 2 aliphatic carbocycles. The van der Waals surface area contributed by atoms with Crippen LogP contribution in [0.15, 0.2) is 0 Å². The number of carbonyl (C=O) groups excluding carboxylic acids is 1. The van der Waals surface area contributed by atoms with Crippen LogP contribution in [0, 0.1) is 17.8 Å². The normalized spacial score (nSPS) is 40.4. The number of carbonyl (C=O) groups is 1. The summed E-state index contributed by atoms with van der Waals surface area (Å²) in [6.07, 6.45) is 4.83. The zero-order chi connectivity index (χ0) is 10.1. The molecule has 0 aromatic rings. The first-order valence-corrected chi connectivity index (χ1v) is 6.68. The van der Waals surface area contributed by atoms with E-state index in [2.05, 4.69) is 18.7 Å². The van der Waals surface area contributed by atoms with Crippen LogP contribution in [-0.2, 0) is 4.79 Å². The standard InChI is InChI=1S/C11H19NOS/c1-2-3-14-10-6-7-4-8(10)5-9(7)11(12)13/h7-10H,2-6H2,1H3,(H2,12,13). The number of primary amides is 1. The summed E-state index contributed by atoms with van der Waals surface area (Å²) in [5.41, 5.74) is 5.38. The van der Waals surface area contributed by atoms with Crippen molar-refractivity contribution in [3.8, 4) is 0 Å². The van der Waals surface area contributed by atoms with Crippen molar-refractivity contribution in [2.24, 2.45) is 23.5 Å². The van der Waals surface area contributed by atoms with Crippen molar-refractivity contribution in [3.63, 3.8) is 0 Å². The van der Waals surface area contributed by atoms with Gasteiger partial charge in [-0.15, -0.1) is 0 Å². The van der Waals surface area contributed by atoms with Gasteiger partial charge in [0.25, 0.3) is 0 Å². The highest BCUT2D eigenvalue weighted by Crippen LogP contribution is 2.52. The van der Waals surface area contributed by atoms with Crippen LogP contribution in [0.3, 0.4) is 0 Å². The van der Waals surface area contributed by atoms with Crippen molar-refractivity contribution in [2.45, 2.75) is 37.9 Å². The number of amides is 1. The summed E-state index contributed by atoms with van der Waals surface area (Å²) in [6.45, 7) is 2.23. The van der Waals surface area contributed by atoms with Crippen molar-refractivity contribution in [2.75, 3.05) is 5.75 Å². The van der Waals surface area contributed by atoms with Gasteiger partial charge in [0.2, 0.25) is 5.91 Å². The molecule has 2 nitrogen and oxygen atoms in total. The number of hydrogen-bond acceptors (Lipinski definition) is 2. The molecule has 2 fully saturated rings. The maximum atomic E-state index is 11.1. The lowest BCUT2D eigenvalue weighted by atomic mass is 9.88. The molecule has 0 aromatic carbocycles. The molecule has 14 heavy (non-hydrogen) atoms. The topological polar surface area (TPSA) is 43.1 Å². The maximum Gasteiger partial charge on any atom is 0.220 e. The molecule has 2 saturated carbocycles. The second-order valence-electron chi connectivity index (χ2n) is 4.65. The molecule has 0 aromatic heterocycles. The van der Waals surface area contributed by atoms with Gasteiger partial charge in [-0.1, -0.05) is 6.92 Å². The monoisotopic (exact) mass is 213 g/mol. The minimum Gasteiger partial charge on any atom is -0.369 e. The Balaban J connectivity index is 1.87. The van der Waals surface area contributed by atoms with E-state index in [1.54, 1.807) is 0 Å². The third-order valence-corrected chi connectivity index (χ3v) is 5.34. The van der Waals surface area contributed by atoms with E-state index in [-0.39, 0.29) is 11.8 Å². The lowest BCUT2D eigenvalue weighted by Crippen LogP contribution is -2.30. The minimum absolute atomic E-state index is 0.0589. The number of fused-ring (bicyclic) bond motifs is 2. The first-order valence-electron chi connectivity index (χ1n) is 5.63. The first kappa shape index (κ1) is 10.3. The Labute approximate surface area is 90.0 Å². The Morgan fingerprint density at radius 3 is 2.64 bits per heavy atom. The molecule has 1 amide bonds. The van der Waals surface area contributed by atoms with Crippen LogP contribution < -0.4 is 5.73 Å². The molecule has 0 radical (unpaired) electrons. The van der Waals surface area contributed by atoms with Gasteiger partial charge in [-0.2, -0.15) is 11.8 Å². The molecular weight excluding hydrogens is 194 g/mol. The smallest absolute Gasteiger partial charge is 0.220 e. The molecule has 3 heteroatoms. The highest BCUT2D eigenvalue weighted by molar-refractivity contribution is 7.99. The van der Waals surface area contributed by atoms with Gasteiger partial charge in [-0.05, 0) is 43.3 Å². The van der Waals surface area contributed by atoms with Crippen LogP contribution in [0.1, 0.15) is 32.6 Å². The van der Waals surface area contributed by atoms with E-state index >= 15 is 0 Å². The quantitative estimate of drug-likeness (QED) is 0.776. The van der Waals surface area contributed by atoms with E-state index < -0.39 is 0 Å². The second kappa shape index (κ2) is 4.13. The highest BCUT2D eigenvalue weighted by Gasteiger charge is 2.47. The van der Waals surface area contributed by atoms with Crippen molar-refractivity contribution < 1.29 is 4.79 Å². The molecule has 4 atom stereocenters. The molecule has 2 aliphatic rings. The van der Waals surface area contributed by atoms with E-state index in [0.717, 1.165) is 17.6 Å². The fourth-order valence-corrected chi connectivity index (χ4v) is 4.46. The lowest BCUT2D eigenvalue weighted by molar-refractivity contribution is -0.123. The van der Waals surface area contributed by atoms with Crippen molar-refractivity contribution in [1.82, 2.24) is 0 Å². The maximum absolute atomic E-state index is 11.1. The van der Waals surface area contributed by atoms with Crippen LogP contribution in [0.5, 0.6) is 0 Å². The van der Waals surface area contributed by atoms with Crippen molar-refractivity contribution >= 4 is 17.7 Å². The van der Waals surface area contributed by atoms with Gasteiger partial charge in [0.05, 0.1) is 0 Å². The largest absolute Gasteiger partial charge is 0.369 e. The summed E-state index contributed by atoms with van der Waals surface area (Å²) in [7, 11) is 0. The third kappa shape index (κ3) is 1.79. The summed E-state index contributed by atoms with van der Waals surface area (Å²) in [4.78, 5) is 11.1. The zero-order valence-electron chi connectivity index (χ0n) is 8.74. The highest BCUT2D eigenvalue weighted by atomic mass is 32.2. The molecule has 4 unspecified atom stereocenters. The summed E-state index contributed by atoms with van der Waals surface area (Å²) in [5, 5.41) is 0.829. The Bertz CT molecular complexity index is 231. The SMILES string of the molecule is CCCSC1CC2CC1CC2C(N)=O. The van der Waals surface area contributed by atoms with Crippen LogP contribution in [0.2, 0.25) is 0 Å². The molecule has 0 spiro atoms. The minimum atomic E-state index is -0.0589. The number of thioether (sulfide) groups is 1. The third-order valence-electron chi connectivity index (χ3n) is 3.69. The molecule has 0 saturated heterocycles. The molecular formula is C11H19NOS. The average molecular weight is 213 g/mol. The zero-order valence-corrected chi connectivity index (χ0v) is 9.56. The summed E-state index contributed by atoms with van der Waals surface area (Å²) < 4.78 is 0. The fourth-order valence-electron chi connectivity index (χ4n) is 3.04. The van der Waals surface area contributed by atoms with Gasteiger partial charge in [0.1, 0.15) is 0 Å². The summed E-state index contributed by atoms with van der Waals surface area (Å²) >= 11 is 2.11. The van der Waals surface area contributed by atoms with E-state index in [4.69, 9.17) is 5.73 Å². The van der Waals surface area contributed by atoms with Gasteiger partial charge in [0, 0.05) is 11.2 Å². The van der Waals surface area contributed by atoms with E-state index in [1.807, 2.05) is 0 Å². The van der Waals surface area contributed by atoms with Gasteiger partial charge >= 0.3 is 0 Å². The molecule has 80 valence electrons. The molecule has 2 bridgehead atoms. The molecule has 2 N–H and O–H groups in total. The number of rotatable bonds is 4. The van der Waals surface area contributed by atoms with Crippen LogP contribution >= 0.6 is 11.8 Å².